The third-order valence-electron chi connectivity index (χ3n) is 4.08. The minimum Gasteiger partial charge on any atom is -0.492 e. The number of aromatic nitrogens is 2. The van der Waals surface area contributed by atoms with Crippen LogP contribution in [0.25, 0.3) is 0 Å². The van der Waals surface area contributed by atoms with E-state index in [9.17, 15) is 0 Å². The van der Waals surface area contributed by atoms with E-state index in [-0.39, 0.29) is 12.0 Å². The molecule has 20 heavy (non-hydrogen) atoms. The molecule has 104 valence electrons. The van der Waals surface area contributed by atoms with Gasteiger partial charge < -0.3 is 14.6 Å². The summed E-state index contributed by atoms with van der Waals surface area (Å²) in [6, 6.07) is 8.27. The zero-order valence-electron chi connectivity index (χ0n) is 11.2. The van der Waals surface area contributed by atoms with Gasteiger partial charge in [-0.1, -0.05) is 29.8 Å². The molecule has 1 saturated heterocycles. The van der Waals surface area contributed by atoms with Crippen LogP contribution in [0.2, 0.25) is 0 Å². The predicted octanol–water partition coefficient (Wildman–Crippen LogP) is 2.41. The molecule has 2 aliphatic rings. The molecular formula is C15H17N3O2. The second-order valence-corrected chi connectivity index (χ2v) is 5.39. The Hall–Kier alpha value is -1.88. The first-order valence-electron chi connectivity index (χ1n) is 7.20. The molecule has 1 N–H and O–H groups in total. The Morgan fingerprint density at radius 1 is 1.20 bits per heavy atom. The van der Waals surface area contributed by atoms with Gasteiger partial charge in [-0.15, -0.1) is 0 Å². The SMILES string of the molecule is c1ccc2c(c1)OCC2c1nc(C2CCCCN2)no1. The fraction of sp³-hybridized carbons (Fsp3) is 0.467. The largest absolute Gasteiger partial charge is 0.492 e. The maximum Gasteiger partial charge on any atom is 0.237 e. The second-order valence-electron chi connectivity index (χ2n) is 5.39. The number of nitrogens with zero attached hydrogens (tertiary/aromatic N) is 2. The number of ether oxygens (including phenoxy) is 1. The van der Waals surface area contributed by atoms with Gasteiger partial charge in [0, 0.05) is 5.56 Å². The first kappa shape index (κ1) is 11.9. The summed E-state index contributed by atoms with van der Waals surface area (Å²) in [5.74, 6) is 2.44. The first-order chi connectivity index (χ1) is 9.92. The van der Waals surface area contributed by atoms with E-state index < -0.39 is 0 Å². The molecule has 5 heteroatoms. The van der Waals surface area contributed by atoms with E-state index in [4.69, 9.17) is 9.26 Å². The van der Waals surface area contributed by atoms with Crippen LogP contribution in [0.15, 0.2) is 28.8 Å². The summed E-state index contributed by atoms with van der Waals surface area (Å²) in [5.41, 5.74) is 1.14. The van der Waals surface area contributed by atoms with Crippen molar-refractivity contribution >= 4 is 0 Å². The zero-order valence-corrected chi connectivity index (χ0v) is 11.2. The van der Waals surface area contributed by atoms with Gasteiger partial charge in [0.25, 0.3) is 0 Å². The van der Waals surface area contributed by atoms with E-state index in [0.29, 0.717) is 12.5 Å². The lowest BCUT2D eigenvalue weighted by molar-refractivity contribution is 0.301. The standard InChI is InChI=1S/C15H17N3O2/c1-2-7-13-10(5-1)11(9-19-13)15-17-14(18-20-15)12-6-3-4-8-16-12/h1-2,5,7,11-12,16H,3-4,6,8-9H2. The van der Waals surface area contributed by atoms with Crippen molar-refractivity contribution in [2.24, 2.45) is 0 Å². The van der Waals surface area contributed by atoms with Gasteiger partial charge in [-0.25, -0.2) is 0 Å². The van der Waals surface area contributed by atoms with E-state index in [1.165, 1.54) is 12.8 Å². The normalized spacial score (nSPS) is 25.2. The number of para-hydroxylation sites is 1. The van der Waals surface area contributed by atoms with Crippen molar-refractivity contribution in [3.05, 3.63) is 41.5 Å². The van der Waals surface area contributed by atoms with E-state index in [0.717, 1.165) is 30.1 Å². The molecule has 2 atom stereocenters. The molecule has 2 aliphatic heterocycles. The Morgan fingerprint density at radius 2 is 2.15 bits per heavy atom. The number of rotatable bonds is 2. The maximum absolute atomic E-state index is 5.68. The third kappa shape index (κ3) is 1.98. The molecule has 0 aliphatic carbocycles. The summed E-state index contributed by atoms with van der Waals surface area (Å²) in [6.07, 6.45) is 3.53. The van der Waals surface area contributed by atoms with Crippen molar-refractivity contribution in [3.63, 3.8) is 0 Å². The number of benzene rings is 1. The predicted molar refractivity (Wildman–Crippen MR) is 72.7 cm³/mol. The molecule has 5 nitrogen and oxygen atoms in total. The summed E-state index contributed by atoms with van der Waals surface area (Å²) in [4.78, 5) is 4.59. The van der Waals surface area contributed by atoms with E-state index in [1.807, 2.05) is 18.2 Å². The Morgan fingerprint density at radius 3 is 3.05 bits per heavy atom. The van der Waals surface area contributed by atoms with Crippen molar-refractivity contribution in [1.82, 2.24) is 15.5 Å². The van der Waals surface area contributed by atoms with Gasteiger partial charge in [0.1, 0.15) is 18.3 Å². The van der Waals surface area contributed by atoms with Gasteiger partial charge in [0.05, 0.1) is 6.04 Å². The van der Waals surface area contributed by atoms with Crippen LogP contribution >= 0.6 is 0 Å². The minimum atomic E-state index is 0.0658. The molecule has 4 rings (SSSR count). The van der Waals surface area contributed by atoms with Crippen molar-refractivity contribution < 1.29 is 9.26 Å². The van der Waals surface area contributed by atoms with Gasteiger partial charge >= 0.3 is 0 Å². The fourth-order valence-corrected chi connectivity index (χ4v) is 2.97. The highest BCUT2D eigenvalue weighted by molar-refractivity contribution is 5.42. The van der Waals surface area contributed by atoms with Crippen LogP contribution in [0.5, 0.6) is 5.75 Å². The number of piperidine rings is 1. The van der Waals surface area contributed by atoms with Crippen molar-refractivity contribution in [2.75, 3.05) is 13.2 Å². The molecule has 0 bridgehead atoms. The van der Waals surface area contributed by atoms with Gasteiger partial charge in [0.2, 0.25) is 5.89 Å². The number of fused-ring (bicyclic) bond motifs is 1. The summed E-state index contributed by atoms with van der Waals surface area (Å²) < 4.78 is 11.2. The Kier molecular flexibility index (Phi) is 2.92. The molecule has 1 aromatic heterocycles. The van der Waals surface area contributed by atoms with E-state index >= 15 is 0 Å². The summed E-state index contributed by atoms with van der Waals surface area (Å²) in [7, 11) is 0. The quantitative estimate of drug-likeness (QED) is 0.909. The number of hydrogen-bond acceptors (Lipinski definition) is 5. The highest BCUT2D eigenvalue weighted by Crippen LogP contribution is 2.37. The molecule has 2 unspecified atom stereocenters. The van der Waals surface area contributed by atoms with Gasteiger partial charge in [-0.05, 0) is 25.5 Å². The van der Waals surface area contributed by atoms with Crippen LogP contribution in [0.4, 0.5) is 0 Å². The van der Waals surface area contributed by atoms with Crippen molar-refractivity contribution in [1.29, 1.82) is 0 Å². The first-order valence-corrected chi connectivity index (χ1v) is 7.20. The van der Waals surface area contributed by atoms with Crippen molar-refractivity contribution in [3.8, 4) is 5.75 Å². The second kappa shape index (κ2) is 4.90. The van der Waals surface area contributed by atoms with Crippen LogP contribution in [-0.4, -0.2) is 23.3 Å². The molecule has 0 saturated carbocycles. The van der Waals surface area contributed by atoms with Crippen LogP contribution < -0.4 is 10.1 Å². The molecule has 0 radical (unpaired) electrons. The summed E-state index contributed by atoms with van der Waals surface area (Å²) >= 11 is 0. The lowest BCUT2D eigenvalue weighted by atomic mass is 10.0. The Bertz CT molecular complexity index is 605. The van der Waals surface area contributed by atoms with E-state index in [1.54, 1.807) is 0 Å². The summed E-state index contributed by atoms with van der Waals surface area (Å²) in [5, 5.41) is 7.60. The molecule has 0 amide bonds. The lowest BCUT2D eigenvalue weighted by Crippen LogP contribution is -2.27. The average molecular weight is 271 g/mol. The molecular weight excluding hydrogens is 254 g/mol. The summed E-state index contributed by atoms with van der Waals surface area (Å²) in [6.45, 7) is 1.61. The highest BCUT2D eigenvalue weighted by atomic mass is 16.5. The van der Waals surface area contributed by atoms with E-state index in [2.05, 4.69) is 21.5 Å². The topological polar surface area (TPSA) is 60.2 Å². The highest BCUT2D eigenvalue weighted by Gasteiger charge is 2.31. The van der Waals surface area contributed by atoms with Crippen LogP contribution in [0.1, 0.15) is 48.5 Å². The number of hydrogen-bond donors (Lipinski definition) is 1. The van der Waals surface area contributed by atoms with Gasteiger partial charge in [-0.3, -0.25) is 0 Å². The van der Waals surface area contributed by atoms with Crippen LogP contribution in [0.3, 0.4) is 0 Å². The smallest absolute Gasteiger partial charge is 0.237 e. The van der Waals surface area contributed by atoms with Crippen molar-refractivity contribution in [2.45, 2.75) is 31.2 Å². The Balaban J connectivity index is 1.59. The minimum absolute atomic E-state index is 0.0658. The van der Waals surface area contributed by atoms with Crippen LogP contribution in [0, 0.1) is 0 Å². The molecule has 2 aromatic rings. The average Bonchev–Trinajstić information content (AvgIpc) is 3.14. The molecule has 3 heterocycles. The van der Waals surface area contributed by atoms with Gasteiger partial charge in [0.15, 0.2) is 5.82 Å². The third-order valence-corrected chi connectivity index (χ3v) is 4.08. The molecule has 1 aromatic carbocycles. The van der Waals surface area contributed by atoms with Crippen LogP contribution in [-0.2, 0) is 0 Å². The molecule has 0 spiro atoms. The monoisotopic (exact) mass is 271 g/mol. The maximum atomic E-state index is 5.68. The molecule has 1 fully saturated rings. The fourth-order valence-electron chi connectivity index (χ4n) is 2.97. The number of nitrogens with one attached hydrogen (secondary N) is 1. The lowest BCUT2D eigenvalue weighted by Gasteiger charge is -2.19. The Labute approximate surface area is 117 Å². The zero-order chi connectivity index (χ0) is 13.4. The van der Waals surface area contributed by atoms with Gasteiger partial charge in [-0.2, -0.15) is 4.98 Å².